The van der Waals surface area contributed by atoms with Crippen molar-refractivity contribution in [1.29, 1.82) is 0 Å². The van der Waals surface area contributed by atoms with Gasteiger partial charge in [-0.1, -0.05) is 12.8 Å². The topological polar surface area (TPSA) is 71.1 Å². The van der Waals surface area contributed by atoms with E-state index in [-0.39, 0.29) is 4.90 Å². The Kier molecular flexibility index (Phi) is 4.19. The molecule has 0 aliphatic heterocycles. The van der Waals surface area contributed by atoms with Gasteiger partial charge in [0.25, 0.3) is 0 Å². The normalized spacial score (nSPS) is 15.6. The van der Waals surface area contributed by atoms with Gasteiger partial charge in [0.2, 0.25) is 10.0 Å². The molecule has 0 atom stereocenters. The van der Waals surface area contributed by atoms with Crippen molar-refractivity contribution in [3.05, 3.63) is 18.3 Å². The van der Waals surface area contributed by atoms with E-state index in [0.717, 1.165) is 18.8 Å². The summed E-state index contributed by atoms with van der Waals surface area (Å²) in [5, 5.41) is 2.83. The Morgan fingerprint density at radius 1 is 1.44 bits per heavy atom. The zero-order valence-corrected chi connectivity index (χ0v) is 11.3. The molecule has 0 saturated heterocycles. The summed E-state index contributed by atoms with van der Waals surface area (Å²) in [6.45, 7) is 0.510. The Morgan fingerprint density at radius 2 is 2.22 bits per heavy atom. The van der Waals surface area contributed by atoms with Crippen LogP contribution in [0.25, 0.3) is 0 Å². The lowest BCUT2D eigenvalue weighted by Crippen LogP contribution is -2.25. The molecule has 1 saturated carbocycles. The van der Waals surface area contributed by atoms with Crippen molar-refractivity contribution in [2.75, 3.05) is 18.9 Å². The smallest absolute Gasteiger partial charge is 0.240 e. The summed E-state index contributed by atoms with van der Waals surface area (Å²) in [4.78, 5) is 4.25. The molecule has 5 nitrogen and oxygen atoms in total. The summed E-state index contributed by atoms with van der Waals surface area (Å²) in [6, 6.07) is 3.04. The van der Waals surface area contributed by atoms with Crippen LogP contribution < -0.4 is 10.0 Å². The molecular weight excluding hydrogens is 250 g/mol. The van der Waals surface area contributed by atoms with E-state index in [0.29, 0.717) is 12.4 Å². The SMILES string of the molecule is CNc1cc(S(=O)(=O)NCCCC2CC2)ccn1. The van der Waals surface area contributed by atoms with Crippen LogP contribution in [0.1, 0.15) is 25.7 Å². The second kappa shape index (κ2) is 5.67. The third-order valence-electron chi connectivity index (χ3n) is 3.08. The Hall–Kier alpha value is -1.14. The third-order valence-corrected chi connectivity index (χ3v) is 4.53. The molecule has 1 aliphatic carbocycles. The van der Waals surface area contributed by atoms with E-state index < -0.39 is 10.0 Å². The van der Waals surface area contributed by atoms with Crippen molar-refractivity contribution in [2.45, 2.75) is 30.6 Å². The van der Waals surface area contributed by atoms with Crippen LogP contribution in [0.3, 0.4) is 0 Å². The van der Waals surface area contributed by atoms with Crippen LogP contribution in [0.15, 0.2) is 23.2 Å². The van der Waals surface area contributed by atoms with Crippen molar-refractivity contribution >= 4 is 15.8 Å². The summed E-state index contributed by atoms with van der Waals surface area (Å²) in [5.41, 5.74) is 0. The van der Waals surface area contributed by atoms with Gasteiger partial charge in [-0.3, -0.25) is 0 Å². The average molecular weight is 269 g/mol. The Bertz CT molecular complexity index is 498. The first-order chi connectivity index (χ1) is 8.62. The number of pyridine rings is 1. The van der Waals surface area contributed by atoms with Crippen LogP contribution in [-0.4, -0.2) is 27.0 Å². The van der Waals surface area contributed by atoms with Gasteiger partial charge in [-0.25, -0.2) is 18.1 Å². The number of sulfonamides is 1. The number of rotatable bonds is 7. The molecule has 0 spiro atoms. The highest BCUT2D eigenvalue weighted by Gasteiger charge is 2.21. The molecular formula is C12H19N3O2S. The summed E-state index contributed by atoms with van der Waals surface area (Å²) >= 11 is 0. The minimum atomic E-state index is -3.40. The number of hydrogen-bond acceptors (Lipinski definition) is 4. The minimum Gasteiger partial charge on any atom is -0.373 e. The molecule has 100 valence electrons. The summed E-state index contributed by atoms with van der Waals surface area (Å²) in [7, 11) is -1.69. The quantitative estimate of drug-likeness (QED) is 0.737. The van der Waals surface area contributed by atoms with Crippen LogP contribution in [0, 0.1) is 5.92 Å². The van der Waals surface area contributed by atoms with E-state index in [4.69, 9.17) is 0 Å². The summed E-state index contributed by atoms with van der Waals surface area (Å²) in [6.07, 6.45) is 6.14. The maximum atomic E-state index is 12.0. The van der Waals surface area contributed by atoms with Crippen LogP contribution >= 0.6 is 0 Å². The maximum Gasteiger partial charge on any atom is 0.240 e. The van der Waals surface area contributed by atoms with Gasteiger partial charge in [0, 0.05) is 25.9 Å². The second-order valence-electron chi connectivity index (χ2n) is 4.61. The lowest BCUT2D eigenvalue weighted by atomic mass is 10.2. The lowest BCUT2D eigenvalue weighted by molar-refractivity contribution is 0.572. The molecule has 1 heterocycles. The lowest BCUT2D eigenvalue weighted by Gasteiger charge is -2.07. The van der Waals surface area contributed by atoms with Gasteiger partial charge in [-0.05, 0) is 24.8 Å². The van der Waals surface area contributed by atoms with Gasteiger partial charge in [0.1, 0.15) is 5.82 Å². The molecule has 0 aromatic carbocycles. The molecule has 0 amide bonds. The monoisotopic (exact) mass is 269 g/mol. The predicted molar refractivity (Wildman–Crippen MR) is 70.9 cm³/mol. The van der Waals surface area contributed by atoms with Crippen LogP contribution in [-0.2, 0) is 10.0 Å². The van der Waals surface area contributed by atoms with Gasteiger partial charge in [-0.15, -0.1) is 0 Å². The molecule has 0 radical (unpaired) electrons. The van der Waals surface area contributed by atoms with E-state index in [1.54, 1.807) is 7.05 Å². The first-order valence-electron chi connectivity index (χ1n) is 6.25. The number of nitrogens with one attached hydrogen (secondary N) is 2. The van der Waals surface area contributed by atoms with Gasteiger partial charge in [0.05, 0.1) is 4.90 Å². The van der Waals surface area contributed by atoms with Crippen LogP contribution in [0.5, 0.6) is 0 Å². The zero-order chi connectivity index (χ0) is 13.0. The van der Waals surface area contributed by atoms with Crippen LogP contribution in [0.4, 0.5) is 5.82 Å². The second-order valence-corrected chi connectivity index (χ2v) is 6.38. The van der Waals surface area contributed by atoms with Gasteiger partial charge in [0.15, 0.2) is 0 Å². The average Bonchev–Trinajstić information content (AvgIpc) is 3.19. The minimum absolute atomic E-state index is 0.258. The molecule has 1 aliphatic rings. The third kappa shape index (κ3) is 3.68. The maximum absolute atomic E-state index is 12.0. The van der Waals surface area contributed by atoms with E-state index in [2.05, 4.69) is 15.0 Å². The molecule has 6 heteroatoms. The Morgan fingerprint density at radius 3 is 2.89 bits per heavy atom. The molecule has 0 bridgehead atoms. The first kappa shape index (κ1) is 13.3. The number of hydrogen-bond donors (Lipinski definition) is 2. The highest BCUT2D eigenvalue weighted by Crippen LogP contribution is 2.33. The number of anilines is 1. The molecule has 1 aromatic rings. The molecule has 0 unspecified atom stereocenters. The largest absolute Gasteiger partial charge is 0.373 e. The number of nitrogens with zero attached hydrogens (tertiary/aromatic N) is 1. The van der Waals surface area contributed by atoms with E-state index >= 15 is 0 Å². The molecule has 2 N–H and O–H groups in total. The number of aromatic nitrogens is 1. The Labute approximate surface area is 108 Å². The van der Waals surface area contributed by atoms with Crippen LogP contribution in [0.2, 0.25) is 0 Å². The molecule has 1 aromatic heterocycles. The highest BCUT2D eigenvalue weighted by molar-refractivity contribution is 7.89. The van der Waals surface area contributed by atoms with Crippen molar-refractivity contribution in [3.63, 3.8) is 0 Å². The highest BCUT2D eigenvalue weighted by atomic mass is 32.2. The first-order valence-corrected chi connectivity index (χ1v) is 7.73. The molecule has 2 rings (SSSR count). The van der Waals surface area contributed by atoms with Crippen molar-refractivity contribution < 1.29 is 8.42 Å². The Balaban J connectivity index is 1.91. The van der Waals surface area contributed by atoms with E-state index in [1.165, 1.54) is 31.2 Å². The fourth-order valence-corrected chi connectivity index (χ4v) is 2.89. The van der Waals surface area contributed by atoms with E-state index in [9.17, 15) is 8.42 Å². The van der Waals surface area contributed by atoms with Crippen molar-refractivity contribution in [1.82, 2.24) is 9.71 Å². The summed E-state index contributed by atoms with van der Waals surface area (Å²) < 4.78 is 26.6. The van der Waals surface area contributed by atoms with Crippen molar-refractivity contribution in [3.8, 4) is 0 Å². The fourth-order valence-electron chi connectivity index (χ4n) is 1.80. The van der Waals surface area contributed by atoms with Gasteiger partial charge >= 0.3 is 0 Å². The van der Waals surface area contributed by atoms with Gasteiger partial charge < -0.3 is 5.32 Å². The predicted octanol–water partition coefficient (Wildman–Crippen LogP) is 1.59. The van der Waals surface area contributed by atoms with Gasteiger partial charge in [-0.2, -0.15) is 0 Å². The van der Waals surface area contributed by atoms with Crippen molar-refractivity contribution in [2.24, 2.45) is 5.92 Å². The standard InChI is InChI=1S/C12H19N3O2S/c1-13-12-9-11(6-8-14-12)18(16,17)15-7-2-3-10-4-5-10/h6,8-10,15H,2-5,7H2,1H3,(H,13,14). The summed E-state index contributed by atoms with van der Waals surface area (Å²) in [5.74, 6) is 1.39. The zero-order valence-electron chi connectivity index (χ0n) is 10.5. The fraction of sp³-hybridized carbons (Fsp3) is 0.583. The van der Waals surface area contributed by atoms with E-state index in [1.807, 2.05) is 0 Å². The molecule has 18 heavy (non-hydrogen) atoms. The molecule has 1 fully saturated rings.